The number of nitrogens with zero attached hydrogens (tertiary/aromatic N) is 3. The van der Waals surface area contributed by atoms with Gasteiger partial charge in [0.1, 0.15) is 27.4 Å². The quantitative estimate of drug-likeness (QED) is 0.390. The van der Waals surface area contributed by atoms with Crippen molar-refractivity contribution in [1.29, 1.82) is 0 Å². The SMILES string of the molecule is CC(C)(C)OC(=O)N1CCC[C@@H](NC(=O)C2Sc3nccc4c3C2NC(=O)N4c2cccc(Oc3ccccc3)c2)C1. The fraction of sp³-hybridized carbons (Fsp3) is 0.355. The van der Waals surface area contributed by atoms with E-state index in [0.717, 1.165) is 18.4 Å². The Labute approximate surface area is 248 Å². The molecule has 2 aromatic carbocycles. The van der Waals surface area contributed by atoms with Crippen LogP contribution in [0.1, 0.15) is 45.2 Å². The van der Waals surface area contributed by atoms with E-state index in [1.54, 1.807) is 22.1 Å². The zero-order valence-corrected chi connectivity index (χ0v) is 24.5. The summed E-state index contributed by atoms with van der Waals surface area (Å²) in [5.74, 6) is 1.09. The van der Waals surface area contributed by atoms with E-state index in [0.29, 0.717) is 41.0 Å². The molecule has 0 bridgehead atoms. The summed E-state index contributed by atoms with van der Waals surface area (Å²) in [5, 5.41) is 6.29. The molecule has 3 aliphatic rings. The van der Waals surface area contributed by atoms with Crippen LogP contribution < -0.4 is 20.3 Å². The average Bonchev–Trinajstić information content (AvgIpc) is 3.32. The second kappa shape index (κ2) is 11.2. The molecule has 1 saturated heterocycles. The number of benzene rings is 2. The van der Waals surface area contributed by atoms with Crippen LogP contribution in [0.4, 0.5) is 21.0 Å². The maximum atomic E-state index is 13.6. The number of piperidine rings is 1. The van der Waals surface area contributed by atoms with Crippen LogP contribution in [0.3, 0.4) is 0 Å². The van der Waals surface area contributed by atoms with E-state index >= 15 is 0 Å². The van der Waals surface area contributed by atoms with Crippen LogP contribution in [0, 0.1) is 0 Å². The van der Waals surface area contributed by atoms with Crippen LogP contribution in [0.5, 0.6) is 11.5 Å². The highest BCUT2D eigenvalue weighted by Gasteiger charge is 2.47. The number of ether oxygens (including phenoxy) is 2. The minimum Gasteiger partial charge on any atom is -0.457 e. The van der Waals surface area contributed by atoms with Gasteiger partial charge in [0.2, 0.25) is 5.91 Å². The maximum absolute atomic E-state index is 13.6. The number of likely N-dealkylation sites (tertiary alicyclic amines) is 1. The number of rotatable bonds is 5. The second-order valence-electron chi connectivity index (χ2n) is 11.5. The highest BCUT2D eigenvalue weighted by atomic mass is 32.2. The molecule has 4 amide bonds. The molecular formula is C31H33N5O5S. The number of para-hydroxylation sites is 1. The molecule has 3 aliphatic heterocycles. The Morgan fingerprint density at radius 3 is 2.64 bits per heavy atom. The predicted octanol–water partition coefficient (Wildman–Crippen LogP) is 5.77. The molecule has 1 fully saturated rings. The summed E-state index contributed by atoms with van der Waals surface area (Å²) in [6.45, 7) is 6.46. The Kier molecular flexibility index (Phi) is 7.44. The third kappa shape index (κ3) is 5.74. The number of amides is 4. The molecule has 11 heteroatoms. The van der Waals surface area contributed by atoms with Crippen LogP contribution in [0.25, 0.3) is 0 Å². The van der Waals surface area contributed by atoms with Gasteiger partial charge < -0.3 is 25.0 Å². The van der Waals surface area contributed by atoms with Crippen molar-refractivity contribution in [2.45, 2.75) is 61.6 Å². The molecule has 1 aromatic heterocycles. The number of anilines is 2. The fourth-order valence-corrected chi connectivity index (χ4v) is 6.70. The summed E-state index contributed by atoms with van der Waals surface area (Å²) in [7, 11) is 0. The molecule has 42 heavy (non-hydrogen) atoms. The number of urea groups is 1. The van der Waals surface area contributed by atoms with Gasteiger partial charge in [-0.15, -0.1) is 0 Å². The van der Waals surface area contributed by atoms with Gasteiger partial charge in [-0.05, 0) is 63.9 Å². The van der Waals surface area contributed by atoms with Gasteiger partial charge in [0.25, 0.3) is 0 Å². The van der Waals surface area contributed by atoms with Crippen molar-refractivity contribution in [3.8, 4) is 11.5 Å². The van der Waals surface area contributed by atoms with E-state index in [1.807, 2.05) is 75.4 Å². The topological polar surface area (TPSA) is 113 Å². The van der Waals surface area contributed by atoms with Crippen LogP contribution in [-0.4, -0.2) is 57.9 Å². The number of aromatic nitrogens is 1. The summed E-state index contributed by atoms with van der Waals surface area (Å²) < 4.78 is 11.5. The minimum atomic E-state index is -0.593. The van der Waals surface area contributed by atoms with E-state index in [-0.39, 0.29) is 24.1 Å². The Morgan fingerprint density at radius 1 is 1.07 bits per heavy atom. The number of carbonyl (C=O) groups excluding carboxylic acids is 3. The molecule has 0 radical (unpaired) electrons. The van der Waals surface area contributed by atoms with Crippen LogP contribution in [-0.2, 0) is 9.53 Å². The van der Waals surface area contributed by atoms with Gasteiger partial charge in [-0.25, -0.2) is 14.6 Å². The monoisotopic (exact) mass is 587 g/mol. The Hall–Kier alpha value is -4.25. The van der Waals surface area contributed by atoms with Crippen molar-refractivity contribution in [2.24, 2.45) is 0 Å². The van der Waals surface area contributed by atoms with E-state index in [4.69, 9.17) is 9.47 Å². The molecule has 218 valence electrons. The van der Waals surface area contributed by atoms with E-state index < -0.39 is 16.9 Å². The molecule has 4 heterocycles. The van der Waals surface area contributed by atoms with Crippen molar-refractivity contribution in [1.82, 2.24) is 20.5 Å². The van der Waals surface area contributed by atoms with Gasteiger partial charge in [0, 0.05) is 37.0 Å². The lowest BCUT2D eigenvalue weighted by atomic mass is 9.99. The standard InChI is InChI=1S/C31H33N5O5S/c1-31(2,3)41-30(39)35-16-8-9-19(18-35)33-27(37)26-25-24-23(14-15-32-28(24)42-26)36(29(38)34-25)20-10-7-13-22(17-20)40-21-11-5-4-6-12-21/h4-7,10-15,17,19,25-26H,8-9,16,18H2,1-3H3,(H,33,37)(H,34,38)/t19-,25?,26?/m1/s1. The van der Waals surface area contributed by atoms with E-state index in [1.165, 1.54) is 11.8 Å². The molecule has 2 N–H and O–H groups in total. The first-order chi connectivity index (χ1) is 20.2. The first-order valence-corrected chi connectivity index (χ1v) is 14.9. The summed E-state index contributed by atoms with van der Waals surface area (Å²) in [5.41, 5.74) is 1.54. The largest absolute Gasteiger partial charge is 0.457 e. The Bertz CT molecular complexity index is 1510. The highest BCUT2D eigenvalue weighted by Crippen LogP contribution is 2.50. The van der Waals surface area contributed by atoms with Crippen molar-refractivity contribution >= 4 is 41.2 Å². The summed E-state index contributed by atoms with van der Waals surface area (Å²) in [4.78, 5) is 47.5. The number of hydrogen-bond donors (Lipinski definition) is 2. The lowest BCUT2D eigenvalue weighted by Crippen LogP contribution is -2.54. The molecule has 0 saturated carbocycles. The number of carbonyl (C=O) groups is 3. The molecule has 0 spiro atoms. The molecule has 2 unspecified atom stereocenters. The van der Waals surface area contributed by atoms with Gasteiger partial charge in [-0.2, -0.15) is 0 Å². The van der Waals surface area contributed by atoms with Crippen LogP contribution >= 0.6 is 11.8 Å². The van der Waals surface area contributed by atoms with E-state index in [2.05, 4.69) is 15.6 Å². The van der Waals surface area contributed by atoms with Crippen molar-refractivity contribution in [3.63, 3.8) is 0 Å². The molecule has 6 rings (SSSR count). The lowest BCUT2D eigenvalue weighted by Gasteiger charge is -2.36. The Morgan fingerprint density at radius 2 is 1.86 bits per heavy atom. The van der Waals surface area contributed by atoms with Gasteiger partial charge in [0.15, 0.2) is 0 Å². The van der Waals surface area contributed by atoms with Crippen LogP contribution in [0.2, 0.25) is 0 Å². The number of pyridine rings is 1. The first kappa shape index (κ1) is 27.9. The van der Waals surface area contributed by atoms with Crippen molar-refractivity contribution < 1.29 is 23.9 Å². The third-order valence-corrected chi connectivity index (χ3v) is 8.53. The number of thioether (sulfide) groups is 1. The van der Waals surface area contributed by atoms with Gasteiger partial charge in [-0.3, -0.25) is 9.69 Å². The zero-order valence-electron chi connectivity index (χ0n) is 23.7. The van der Waals surface area contributed by atoms with E-state index in [9.17, 15) is 14.4 Å². The first-order valence-electron chi connectivity index (χ1n) is 14.0. The second-order valence-corrected chi connectivity index (χ2v) is 12.7. The summed E-state index contributed by atoms with van der Waals surface area (Å²) in [6, 6.07) is 17.5. The molecule has 0 aliphatic carbocycles. The number of hydrogen-bond acceptors (Lipinski definition) is 7. The molecular weight excluding hydrogens is 554 g/mol. The summed E-state index contributed by atoms with van der Waals surface area (Å²) >= 11 is 1.34. The molecule has 3 atom stereocenters. The normalized spacial score (nSPS) is 21.3. The van der Waals surface area contributed by atoms with Crippen molar-refractivity contribution in [3.05, 3.63) is 72.4 Å². The summed E-state index contributed by atoms with van der Waals surface area (Å²) in [6.07, 6.45) is 2.80. The minimum absolute atomic E-state index is 0.197. The van der Waals surface area contributed by atoms with Gasteiger partial charge in [0.05, 0.1) is 17.4 Å². The average molecular weight is 588 g/mol. The fourth-order valence-electron chi connectivity index (χ4n) is 5.46. The zero-order chi connectivity index (χ0) is 29.4. The smallest absolute Gasteiger partial charge is 0.410 e. The predicted molar refractivity (Wildman–Crippen MR) is 159 cm³/mol. The van der Waals surface area contributed by atoms with Gasteiger partial charge in [-0.1, -0.05) is 36.0 Å². The lowest BCUT2D eigenvalue weighted by molar-refractivity contribution is -0.122. The highest BCUT2D eigenvalue weighted by molar-refractivity contribution is 8.01. The van der Waals surface area contributed by atoms with Crippen LogP contribution in [0.15, 0.2) is 71.9 Å². The van der Waals surface area contributed by atoms with Crippen molar-refractivity contribution in [2.75, 3.05) is 18.0 Å². The maximum Gasteiger partial charge on any atom is 0.410 e. The Balaban J connectivity index is 1.19. The third-order valence-electron chi connectivity index (χ3n) is 7.24. The molecule has 10 nitrogen and oxygen atoms in total. The number of nitrogens with one attached hydrogen (secondary N) is 2. The molecule has 3 aromatic rings. The van der Waals surface area contributed by atoms with Gasteiger partial charge >= 0.3 is 12.1 Å².